The molecule has 1 N–H and O–H groups in total. The summed E-state index contributed by atoms with van der Waals surface area (Å²) in [4.78, 5) is 24.6. The number of nitrogens with one attached hydrogen (secondary N) is 1. The number of esters is 1. The maximum Gasteiger partial charge on any atom is 0.354 e. The lowest BCUT2D eigenvalue weighted by Gasteiger charge is -2.22. The van der Waals surface area contributed by atoms with Crippen molar-refractivity contribution in [2.45, 2.75) is 30.7 Å². The van der Waals surface area contributed by atoms with Crippen LogP contribution in [-0.2, 0) is 26.6 Å². The van der Waals surface area contributed by atoms with Crippen molar-refractivity contribution in [1.82, 2.24) is 8.87 Å². The number of anilines is 1. The van der Waals surface area contributed by atoms with Crippen LogP contribution in [0.5, 0.6) is 0 Å². The van der Waals surface area contributed by atoms with E-state index in [1.807, 2.05) is 0 Å². The van der Waals surface area contributed by atoms with Gasteiger partial charge in [0.1, 0.15) is 22.4 Å². The van der Waals surface area contributed by atoms with Gasteiger partial charge in [0.05, 0.1) is 6.61 Å². The number of rotatable bonds is 6. The van der Waals surface area contributed by atoms with E-state index in [9.17, 15) is 22.4 Å². The Kier molecular flexibility index (Phi) is 6.04. The number of carbonyl (C=O) groups excluding carboxylic acids is 2. The number of aryl methyl sites for hydroxylation is 1. The van der Waals surface area contributed by atoms with Crippen molar-refractivity contribution >= 4 is 27.6 Å². The molecule has 2 heterocycles. The largest absolute Gasteiger partial charge is 0.461 e. The number of aromatic nitrogens is 1. The molecule has 0 unspecified atom stereocenters. The molecule has 156 valence electrons. The molecular weight excluding hydrogens is 401 g/mol. The predicted molar refractivity (Wildman–Crippen MR) is 103 cm³/mol. The van der Waals surface area contributed by atoms with E-state index in [-0.39, 0.29) is 29.4 Å². The SMILES string of the molecule is CCOC(=O)c1cc(S(=O)(=O)N2CCC[C@@H]2C(=O)Nc2cccc(F)c2)cn1C. The van der Waals surface area contributed by atoms with Crippen LogP contribution < -0.4 is 5.32 Å². The Morgan fingerprint density at radius 3 is 2.76 bits per heavy atom. The number of halogens is 1. The first-order valence-electron chi connectivity index (χ1n) is 9.15. The lowest BCUT2D eigenvalue weighted by Crippen LogP contribution is -2.43. The third-order valence-corrected chi connectivity index (χ3v) is 6.54. The Labute approximate surface area is 168 Å². The summed E-state index contributed by atoms with van der Waals surface area (Å²) in [6, 6.07) is 5.71. The number of benzene rings is 1. The molecule has 0 spiro atoms. The van der Waals surface area contributed by atoms with E-state index in [2.05, 4.69) is 5.32 Å². The van der Waals surface area contributed by atoms with Gasteiger partial charge in [0, 0.05) is 25.5 Å². The summed E-state index contributed by atoms with van der Waals surface area (Å²) >= 11 is 0. The van der Waals surface area contributed by atoms with Crippen molar-refractivity contribution in [3.8, 4) is 0 Å². The van der Waals surface area contributed by atoms with Crippen molar-refractivity contribution in [3.63, 3.8) is 0 Å². The van der Waals surface area contributed by atoms with Gasteiger partial charge >= 0.3 is 5.97 Å². The Morgan fingerprint density at radius 2 is 2.07 bits per heavy atom. The predicted octanol–water partition coefficient (Wildman–Crippen LogP) is 2.13. The van der Waals surface area contributed by atoms with Gasteiger partial charge < -0.3 is 14.6 Å². The van der Waals surface area contributed by atoms with E-state index in [1.165, 1.54) is 35.0 Å². The topological polar surface area (TPSA) is 97.7 Å². The van der Waals surface area contributed by atoms with E-state index in [1.54, 1.807) is 14.0 Å². The fraction of sp³-hybridized carbons (Fsp3) is 0.368. The van der Waals surface area contributed by atoms with Gasteiger partial charge in [0.15, 0.2) is 0 Å². The number of amides is 1. The highest BCUT2D eigenvalue weighted by atomic mass is 32.2. The minimum absolute atomic E-state index is 0.0893. The second kappa shape index (κ2) is 8.34. The van der Waals surface area contributed by atoms with E-state index in [4.69, 9.17) is 4.74 Å². The number of hydrogen-bond acceptors (Lipinski definition) is 5. The van der Waals surface area contributed by atoms with Gasteiger partial charge in [0.2, 0.25) is 15.9 Å². The highest BCUT2D eigenvalue weighted by Crippen LogP contribution is 2.28. The van der Waals surface area contributed by atoms with Crippen LogP contribution in [0.2, 0.25) is 0 Å². The highest BCUT2D eigenvalue weighted by molar-refractivity contribution is 7.89. The molecular formula is C19H22FN3O5S. The van der Waals surface area contributed by atoms with Crippen LogP contribution in [0.25, 0.3) is 0 Å². The Bertz CT molecular complexity index is 1030. The van der Waals surface area contributed by atoms with Gasteiger partial charge in [-0.05, 0) is 44.0 Å². The normalized spacial score (nSPS) is 17.3. The second-order valence-electron chi connectivity index (χ2n) is 6.67. The van der Waals surface area contributed by atoms with Crippen molar-refractivity contribution < 1.29 is 27.1 Å². The molecule has 2 aromatic rings. The minimum Gasteiger partial charge on any atom is -0.461 e. The first kappa shape index (κ1) is 21.0. The Balaban J connectivity index is 1.83. The molecule has 1 fully saturated rings. The van der Waals surface area contributed by atoms with Gasteiger partial charge in [-0.1, -0.05) is 6.07 Å². The molecule has 0 bridgehead atoms. The van der Waals surface area contributed by atoms with Crippen LogP contribution in [0.1, 0.15) is 30.3 Å². The van der Waals surface area contributed by atoms with E-state index < -0.39 is 33.8 Å². The van der Waals surface area contributed by atoms with E-state index in [0.29, 0.717) is 12.8 Å². The molecule has 1 aromatic heterocycles. The quantitative estimate of drug-likeness (QED) is 0.718. The molecule has 10 heteroatoms. The van der Waals surface area contributed by atoms with Crippen LogP contribution in [0.4, 0.5) is 10.1 Å². The molecule has 1 aliphatic heterocycles. The van der Waals surface area contributed by atoms with E-state index >= 15 is 0 Å². The van der Waals surface area contributed by atoms with Gasteiger partial charge in [-0.3, -0.25) is 4.79 Å². The first-order valence-corrected chi connectivity index (χ1v) is 10.6. The monoisotopic (exact) mass is 423 g/mol. The molecule has 1 saturated heterocycles. The van der Waals surface area contributed by atoms with Gasteiger partial charge in [-0.25, -0.2) is 17.6 Å². The lowest BCUT2D eigenvalue weighted by atomic mass is 10.2. The minimum atomic E-state index is -4.01. The van der Waals surface area contributed by atoms with Crippen molar-refractivity contribution in [3.05, 3.63) is 48.0 Å². The maximum atomic E-state index is 13.3. The Morgan fingerprint density at radius 1 is 1.31 bits per heavy atom. The maximum absolute atomic E-state index is 13.3. The summed E-state index contributed by atoms with van der Waals surface area (Å²) in [7, 11) is -2.47. The summed E-state index contributed by atoms with van der Waals surface area (Å²) in [5, 5.41) is 2.57. The fourth-order valence-corrected chi connectivity index (χ4v) is 5.03. The molecule has 0 radical (unpaired) electrons. The summed E-state index contributed by atoms with van der Waals surface area (Å²) in [5.41, 5.74) is 0.356. The summed E-state index contributed by atoms with van der Waals surface area (Å²) < 4.78 is 47.0. The highest BCUT2D eigenvalue weighted by Gasteiger charge is 2.40. The zero-order valence-corrected chi connectivity index (χ0v) is 16.9. The third-order valence-electron chi connectivity index (χ3n) is 4.67. The zero-order chi connectivity index (χ0) is 21.2. The molecule has 29 heavy (non-hydrogen) atoms. The lowest BCUT2D eigenvalue weighted by molar-refractivity contribution is -0.119. The van der Waals surface area contributed by atoms with Crippen LogP contribution in [0, 0.1) is 5.82 Å². The third kappa shape index (κ3) is 4.33. The van der Waals surface area contributed by atoms with Gasteiger partial charge in [0.25, 0.3) is 0 Å². The number of carbonyl (C=O) groups is 2. The van der Waals surface area contributed by atoms with Crippen molar-refractivity contribution in [2.75, 3.05) is 18.5 Å². The van der Waals surface area contributed by atoms with E-state index in [0.717, 1.165) is 10.4 Å². The van der Waals surface area contributed by atoms with Gasteiger partial charge in [-0.2, -0.15) is 4.31 Å². The molecule has 0 saturated carbocycles. The van der Waals surface area contributed by atoms with Crippen molar-refractivity contribution in [2.24, 2.45) is 7.05 Å². The standard InChI is InChI=1S/C19H22FN3O5S/c1-3-28-19(25)17-11-15(12-22(17)2)29(26,27)23-9-5-8-16(23)18(24)21-14-7-4-6-13(20)10-14/h4,6-7,10-12,16H,3,5,8-9H2,1-2H3,(H,21,24)/t16-/m1/s1. The molecule has 1 aromatic carbocycles. The Hall–Kier alpha value is -2.72. The average molecular weight is 423 g/mol. The summed E-state index contributed by atoms with van der Waals surface area (Å²) in [6.45, 7) is 2.00. The van der Waals surface area contributed by atoms with Crippen molar-refractivity contribution in [1.29, 1.82) is 0 Å². The molecule has 0 aliphatic carbocycles. The second-order valence-corrected chi connectivity index (χ2v) is 8.56. The number of nitrogens with zero attached hydrogens (tertiary/aromatic N) is 2. The molecule has 1 amide bonds. The molecule has 1 aliphatic rings. The van der Waals surface area contributed by atoms with Crippen LogP contribution in [0.3, 0.4) is 0 Å². The van der Waals surface area contributed by atoms with Crippen LogP contribution in [0.15, 0.2) is 41.4 Å². The van der Waals surface area contributed by atoms with Crippen LogP contribution >= 0.6 is 0 Å². The zero-order valence-electron chi connectivity index (χ0n) is 16.1. The number of sulfonamides is 1. The number of hydrogen-bond donors (Lipinski definition) is 1. The molecule has 8 nitrogen and oxygen atoms in total. The van der Waals surface area contributed by atoms with Gasteiger partial charge in [-0.15, -0.1) is 0 Å². The summed E-state index contributed by atoms with van der Waals surface area (Å²) in [5.74, 6) is -1.66. The molecule has 3 rings (SSSR count). The smallest absolute Gasteiger partial charge is 0.354 e. The van der Waals surface area contributed by atoms with Crippen LogP contribution in [-0.4, -0.2) is 48.4 Å². The number of ether oxygens (including phenoxy) is 1. The summed E-state index contributed by atoms with van der Waals surface area (Å²) in [6.07, 6.45) is 2.18. The first-order chi connectivity index (χ1) is 13.7. The fourth-order valence-electron chi connectivity index (χ4n) is 3.30. The average Bonchev–Trinajstić information content (AvgIpc) is 3.29. The molecule has 1 atom stereocenters.